The van der Waals surface area contributed by atoms with E-state index in [1.807, 2.05) is 38.1 Å². The number of carbonyl (C=O) groups is 2. The highest BCUT2D eigenvalue weighted by molar-refractivity contribution is 6.46. The van der Waals surface area contributed by atoms with Gasteiger partial charge in [0.1, 0.15) is 11.5 Å². The van der Waals surface area contributed by atoms with E-state index >= 15 is 0 Å². The van der Waals surface area contributed by atoms with Crippen LogP contribution in [-0.4, -0.2) is 59.8 Å². The lowest BCUT2D eigenvalue weighted by Gasteiger charge is -2.25. The van der Waals surface area contributed by atoms with E-state index in [1.165, 1.54) is 4.90 Å². The van der Waals surface area contributed by atoms with Gasteiger partial charge < -0.3 is 24.6 Å². The molecule has 2 aromatic rings. The molecular weight excluding hydrogens is 398 g/mol. The highest BCUT2D eigenvalue weighted by Crippen LogP contribution is 2.39. The number of amides is 1. The Hall–Kier alpha value is -3.16. The second kappa shape index (κ2) is 10.2. The summed E-state index contributed by atoms with van der Waals surface area (Å²) in [5.74, 6) is -1.01. The smallest absolute Gasteiger partial charge is 0.295 e. The zero-order valence-corrected chi connectivity index (χ0v) is 17.7. The van der Waals surface area contributed by atoms with Gasteiger partial charge in [-0.25, -0.2) is 0 Å². The fraction of sp³-hybridized carbons (Fsp3) is 0.333. The fourth-order valence-corrected chi connectivity index (χ4v) is 3.57. The van der Waals surface area contributed by atoms with Gasteiger partial charge in [-0.15, -0.1) is 0 Å². The first-order valence-corrected chi connectivity index (χ1v) is 10.2. The van der Waals surface area contributed by atoms with Gasteiger partial charge in [0, 0.05) is 12.1 Å². The number of nitrogens with zero attached hydrogens (tertiary/aromatic N) is 1. The minimum absolute atomic E-state index is 0.0418. The van der Waals surface area contributed by atoms with E-state index in [2.05, 4.69) is 0 Å². The molecule has 0 saturated carbocycles. The monoisotopic (exact) mass is 425 g/mol. The van der Waals surface area contributed by atoms with Crippen molar-refractivity contribution in [2.45, 2.75) is 19.9 Å². The van der Waals surface area contributed by atoms with E-state index in [1.54, 1.807) is 24.3 Å². The topological polar surface area (TPSA) is 96.3 Å². The van der Waals surface area contributed by atoms with Crippen molar-refractivity contribution in [2.24, 2.45) is 0 Å². The lowest BCUT2D eigenvalue weighted by atomic mass is 9.94. The molecule has 2 N–H and O–H groups in total. The Balaban J connectivity index is 2.02. The predicted octanol–water partition coefficient (Wildman–Crippen LogP) is 2.82. The second-order valence-corrected chi connectivity index (χ2v) is 7.20. The van der Waals surface area contributed by atoms with E-state index in [4.69, 9.17) is 14.6 Å². The van der Waals surface area contributed by atoms with Crippen LogP contribution in [0.3, 0.4) is 0 Å². The number of hydrogen-bond donors (Lipinski definition) is 2. The summed E-state index contributed by atoms with van der Waals surface area (Å²) < 4.78 is 10.7. The molecule has 0 aliphatic carbocycles. The van der Waals surface area contributed by atoms with E-state index in [-0.39, 0.29) is 37.7 Å². The summed E-state index contributed by atoms with van der Waals surface area (Å²) in [4.78, 5) is 27.1. The number of ketones is 1. The average molecular weight is 425 g/mol. The van der Waals surface area contributed by atoms with Crippen molar-refractivity contribution in [2.75, 3.05) is 33.0 Å². The average Bonchev–Trinajstić information content (AvgIpc) is 3.02. The number of aliphatic hydroxyl groups excluding tert-OH is 2. The predicted molar refractivity (Wildman–Crippen MR) is 116 cm³/mol. The molecule has 1 atom stereocenters. The van der Waals surface area contributed by atoms with E-state index < -0.39 is 17.7 Å². The Labute approximate surface area is 181 Å². The van der Waals surface area contributed by atoms with E-state index in [0.717, 1.165) is 11.1 Å². The molecule has 0 bridgehead atoms. The Bertz CT molecular complexity index is 949. The minimum Gasteiger partial charge on any atom is -0.507 e. The van der Waals surface area contributed by atoms with Gasteiger partial charge in [-0.1, -0.05) is 29.8 Å². The molecular formula is C24H27NO6. The first-order chi connectivity index (χ1) is 15.0. The summed E-state index contributed by atoms with van der Waals surface area (Å²) in [5.41, 5.74) is 2.23. The van der Waals surface area contributed by atoms with Crippen molar-refractivity contribution in [1.29, 1.82) is 0 Å². The molecule has 2 aromatic carbocycles. The third kappa shape index (κ3) is 4.95. The molecule has 3 rings (SSSR count). The van der Waals surface area contributed by atoms with Gasteiger partial charge in [-0.2, -0.15) is 0 Å². The van der Waals surface area contributed by atoms with Crippen molar-refractivity contribution in [3.8, 4) is 5.75 Å². The molecule has 7 nitrogen and oxygen atoms in total. The summed E-state index contributed by atoms with van der Waals surface area (Å²) in [6, 6.07) is 13.5. The summed E-state index contributed by atoms with van der Waals surface area (Å²) in [6.45, 7) is 4.68. The third-order valence-electron chi connectivity index (χ3n) is 5.08. The molecule has 0 aromatic heterocycles. The number of ether oxygens (including phenoxy) is 2. The summed E-state index contributed by atoms with van der Waals surface area (Å²) in [7, 11) is 0. The van der Waals surface area contributed by atoms with E-state index in [0.29, 0.717) is 17.9 Å². The number of Topliss-reactive ketones (excluding diaryl/α,β-unsaturated/α-hetero) is 1. The van der Waals surface area contributed by atoms with Crippen LogP contribution in [0.5, 0.6) is 5.75 Å². The number of aliphatic hydroxyl groups is 2. The minimum atomic E-state index is -0.737. The maximum Gasteiger partial charge on any atom is 0.295 e. The number of benzene rings is 2. The van der Waals surface area contributed by atoms with Gasteiger partial charge in [0.05, 0.1) is 38.0 Å². The van der Waals surface area contributed by atoms with Gasteiger partial charge in [0.25, 0.3) is 11.7 Å². The number of rotatable bonds is 9. The summed E-state index contributed by atoms with van der Waals surface area (Å²) in [6.07, 6.45) is 0. The molecule has 1 saturated heterocycles. The van der Waals surface area contributed by atoms with Gasteiger partial charge >= 0.3 is 0 Å². The molecule has 31 heavy (non-hydrogen) atoms. The van der Waals surface area contributed by atoms with Crippen molar-refractivity contribution in [1.82, 2.24) is 4.90 Å². The normalized spacial score (nSPS) is 17.9. The Morgan fingerprint density at radius 3 is 2.32 bits per heavy atom. The van der Waals surface area contributed by atoms with Crippen LogP contribution in [0.25, 0.3) is 5.76 Å². The third-order valence-corrected chi connectivity index (χ3v) is 5.08. The summed E-state index contributed by atoms with van der Waals surface area (Å²) >= 11 is 0. The van der Waals surface area contributed by atoms with Crippen LogP contribution in [0.2, 0.25) is 0 Å². The van der Waals surface area contributed by atoms with Crippen molar-refractivity contribution < 1.29 is 29.3 Å². The standard InChI is InChI=1S/C24H27NO6/c1-3-31-19-10-8-18(9-11-19)22(27)20-21(17-6-4-16(2)5-7-17)25(24(29)23(20)28)12-14-30-15-13-26/h4-11,21,26-27H,3,12-15H2,1-2H3/b22-20-. The highest BCUT2D eigenvalue weighted by Gasteiger charge is 2.45. The Kier molecular flexibility index (Phi) is 7.44. The lowest BCUT2D eigenvalue weighted by Crippen LogP contribution is -2.33. The van der Waals surface area contributed by atoms with Crippen molar-refractivity contribution in [3.05, 3.63) is 70.8 Å². The highest BCUT2D eigenvalue weighted by atomic mass is 16.5. The van der Waals surface area contributed by atoms with E-state index in [9.17, 15) is 14.7 Å². The first-order valence-electron chi connectivity index (χ1n) is 10.2. The zero-order chi connectivity index (χ0) is 22.4. The molecule has 1 amide bonds. The summed E-state index contributed by atoms with van der Waals surface area (Å²) in [5, 5.41) is 19.9. The molecule has 1 heterocycles. The SMILES string of the molecule is CCOc1ccc(/C(O)=C2/C(=O)C(=O)N(CCOCCO)C2c2ccc(C)cc2)cc1. The van der Waals surface area contributed by atoms with Crippen molar-refractivity contribution in [3.63, 3.8) is 0 Å². The molecule has 1 aliphatic rings. The zero-order valence-electron chi connectivity index (χ0n) is 17.7. The molecule has 1 aliphatic heterocycles. The molecule has 164 valence electrons. The maximum absolute atomic E-state index is 12.9. The van der Waals surface area contributed by atoms with Crippen LogP contribution in [0.1, 0.15) is 29.7 Å². The van der Waals surface area contributed by atoms with Crippen LogP contribution in [-0.2, 0) is 14.3 Å². The first kappa shape index (κ1) is 22.5. The van der Waals surface area contributed by atoms with Crippen LogP contribution < -0.4 is 4.74 Å². The maximum atomic E-state index is 12.9. The van der Waals surface area contributed by atoms with Gasteiger partial charge in [-0.3, -0.25) is 9.59 Å². The fourth-order valence-electron chi connectivity index (χ4n) is 3.57. The van der Waals surface area contributed by atoms with Gasteiger partial charge in [0.2, 0.25) is 0 Å². The van der Waals surface area contributed by atoms with Crippen molar-refractivity contribution >= 4 is 17.4 Å². The van der Waals surface area contributed by atoms with Crippen LogP contribution in [0.15, 0.2) is 54.1 Å². The lowest BCUT2D eigenvalue weighted by molar-refractivity contribution is -0.140. The molecule has 7 heteroatoms. The Morgan fingerprint density at radius 2 is 1.71 bits per heavy atom. The van der Waals surface area contributed by atoms with Crippen LogP contribution in [0, 0.1) is 6.92 Å². The molecule has 0 radical (unpaired) electrons. The Morgan fingerprint density at radius 1 is 1.03 bits per heavy atom. The quantitative estimate of drug-likeness (QED) is 0.278. The van der Waals surface area contributed by atoms with Crippen LogP contribution >= 0.6 is 0 Å². The molecule has 1 unspecified atom stereocenters. The van der Waals surface area contributed by atoms with Gasteiger partial charge in [-0.05, 0) is 43.7 Å². The second-order valence-electron chi connectivity index (χ2n) is 7.20. The molecule has 0 spiro atoms. The molecule has 1 fully saturated rings. The largest absolute Gasteiger partial charge is 0.507 e. The van der Waals surface area contributed by atoms with Gasteiger partial charge in [0.15, 0.2) is 0 Å². The number of hydrogen-bond acceptors (Lipinski definition) is 6. The number of aryl methyl sites for hydroxylation is 1. The number of carbonyl (C=O) groups excluding carboxylic acids is 2. The number of likely N-dealkylation sites (tertiary alicyclic amines) is 1. The van der Waals surface area contributed by atoms with Crippen LogP contribution in [0.4, 0.5) is 0 Å².